The molecule has 0 amide bonds. The van der Waals surface area contributed by atoms with Crippen LogP contribution in [0.3, 0.4) is 0 Å². The van der Waals surface area contributed by atoms with Crippen molar-refractivity contribution in [1.82, 2.24) is 4.90 Å². The maximum absolute atomic E-state index is 6.47. The van der Waals surface area contributed by atoms with Crippen LogP contribution in [0.4, 0.5) is 0 Å². The van der Waals surface area contributed by atoms with Gasteiger partial charge in [0.2, 0.25) is 0 Å². The molecule has 0 bridgehead atoms. The van der Waals surface area contributed by atoms with Gasteiger partial charge in [-0.3, -0.25) is 0 Å². The van der Waals surface area contributed by atoms with Gasteiger partial charge >= 0.3 is 0 Å². The van der Waals surface area contributed by atoms with Gasteiger partial charge in [0.1, 0.15) is 0 Å². The van der Waals surface area contributed by atoms with Crippen molar-refractivity contribution < 1.29 is 0 Å². The van der Waals surface area contributed by atoms with E-state index in [2.05, 4.69) is 44.0 Å². The van der Waals surface area contributed by atoms with Gasteiger partial charge in [-0.25, -0.2) is 0 Å². The fraction of sp³-hybridized carbons (Fsp3) is 0.538. The summed E-state index contributed by atoms with van der Waals surface area (Å²) in [5.41, 5.74) is 10.2. The molecule has 1 fully saturated rings. The van der Waals surface area contributed by atoms with Crippen molar-refractivity contribution >= 4 is 0 Å². The molecule has 1 aromatic rings. The van der Waals surface area contributed by atoms with Crippen molar-refractivity contribution in [3.05, 3.63) is 34.9 Å². The zero-order valence-electron chi connectivity index (χ0n) is 9.88. The quantitative estimate of drug-likeness (QED) is 0.755. The molecule has 2 rings (SSSR count). The third-order valence-electron chi connectivity index (χ3n) is 3.29. The van der Waals surface area contributed by atoms with Crippen molar-refractivity contribution in [2.45, 2.75) is 25.8 Å². The lowest BCUT2D eigenvalue weighted by Gasteiger charge is -2.25. The minimum atomic E-state index is -0.133. The Bertz CT molecular complexity index is 353. The number of nitrogens with zero attached hydrogens (tertiary/aromatic N) is 1. The minimum Gasteiger partial charge on any atom is -0.320 e. The van der Waals surface area contributed by atoms with E-state index in [0.717, 1.165) is 19.5 Å². The molecule has 0 saturated carbocycles. The largest absolute Gasteiger partial charge is 0.320 e. The summed E-state index contributed by atoms with van der Waals surface area (Å²) in [4.78, 5) is 2.30. The Kier molecular flexibility index (Phi) is 2.57. The Morgan fingerprint density at radius 1 is 1.20 bits per heavy atom. The lowest BCUT2D eigenvalue weighted by atomic mass is 9.88. The van der Waals surface area contributed by atoms with Crippen molar-refractivity contribution in [3.63, 3.8) is 0 Å². The van der Waals surface area contributed by atoms with Crippen LogP contribution in [0.15, 0.2) is 18.2 Å². The summed E-state index contributed by atoms with van der Waals surface area (Å²) in [7, 11) is 2.14. The molecule has 1 saturated heterocycles. The van der Waals surface area contributed by atoms with Crippen LogP contribution in [0.1, 0.15) is 23.1 Å². The number of benzene rings is 1. The minimum absolute atomic E-state index is 0.133. The molecule has 2 nitrogen and oxygen atoms in total. The Balaban J connectivity index is 2.36. The maximum Gasteiger partial charge on any atom is 0.0550 e. The number of nitrogens with two attached hydrogens (primary N) is 1. The smallest absolute Gasteiger partial charge is 0.0550 e. The summed E-state index contributed by atoms with van der Waals surface area (Å²) < 4.78 is 0. The Labute approximate surface area is 92.1 Å². The highest BCUT2D eigenvalue weighted by Crippen LogP contribution is 2.29. The molecule has 2 N–H and O–H groups in total. The SMILES string of the molecule is Cc1cc(C)cc(C2(N)CCN(C)C2)c1. The van der Waals surface area contributed by atoms with Crippen LogP contribution in [0.25, 0.3) is 0 Å². The Morgan fingerprint density at radius 2 is 1.80 bits per heavy atom. The van der Waals surface area contributed by atoms with Crippen LogP contribution in [-0.4, -0.2) is 25.0 Å². The molecule has 0 spiro atoms. The molecule has 82 valence electrons. The standard InChI is InChI=1S/C13H20N2/c1-10-6-11(2)8-12(7-10)13(14)4-5-15(3)9-13/h6-8H,4-5,9,14H2,1-3H3. The number of hydrogen-bond donors (Lipinski definition) is 1. The predicted molar refractivity (Wildman–Crippen MR) is 63.9 cm³/mol. The molecule has 0 aromatic heterocycles. The second-order valence-corrected chi connectivity index (χ2v) is 5.02. The van der Waals surface area contributed by atoms with E-state index in [1.54, 1.807) is 0 Å². The van der Waals surface area contributed by atoms with Crippen molar-refractivity contribution in [2.24, 2.45) is 5.73 Å². The number of likely N-dealkylation sites (N-methyl/N-ethyl adjacent to an activating group) is 1. The molecule has 0 radical (unpaired) electrons. The molecule has 1 atom stereocenters. The van der Waals surface area contributed by atoms with Crippen LogP contribution in [0.5, 0.6) is 0 Å². The number of hydrogen-bond acceptors (Lipinski definition) is 2. The second-order valence-electron chi connectivity index (χ2n) is 5.02. The molecule has 1 heterocycles. The molecule has 1 unspecified atom stereocenters. The van der Waals surface area contributed by atoms with Gasteiger partial charge in [-0.1, -0.05) is 29.3 Å². The van der Waals surface area contributed by atoms with E-state index in [0.29, 0.717) is 0 Å². The highest BCUT2D eigenvalue weighted by molar-refractivity contribution is 5.34. The highest BCUT2D eigenvalue weighted by atomic mass is 15.2. The zero-order chi connectivity index (χ0) is 11.1. The summed E-state index contributed by atoms with van der Waals surface area (Å²) >= 11 is 0. The van der Waals surface area contributed by atoms with Gasteiger partial charge in [-0.2, -0.15) is 0 Å². The summed E-state index contributed by atoms with van der Waals surface area (Å²) in [6.45, 7) is 6.34. The second kappa shape index (κ2) is 3.62. The van der Waals surface area contributed by atoms with E-state index in [1.165, 1.54) is 16.7 Å². The van der Waals surface area contributed by atoms with Gasteiger partial charge in [-0.15, -0.1) is 0 Å². The average Bonchev–Trinajstić information content (AvgIpc) is 2.46. The molecule has 0 aliphatic carbocycles. The first-order chi connectivity index (χ1) is 6.99. The van der Waals surface area contributed by atoms with Gasteiger partial charge < -0.3 is 10.6 Å². The van der Waals surface area contributed by atoms with E-state index in [9.17, 15) is 0 Å². The summed E-state index contributed by atoms with van der Waals surface area (Å²) in [5.74, 6) is 0. The first-order valence-electron chi connectivity index (χ1n) is 5.56. The monoisotopic (exact) mass is 204 g/mol. The van der Waals surface area contributed by atoms with E-state index in [-0.39, 0.29) is 5.54 Å². The first-order valence-corrected chi connectivity index (χ1v) is 5.56. The van der Waals surface area contributed by atoms with Crippen LogP contribution >= 0.6 is 0 Å². The van der Waals surface area contributed by atoms with Crippen molar-refractivity contribution in [1.29, 1.82) is 0 Å². The molecule has 1 aromatic carbocycles. The van der Waals surface area contributed by atoms with Gasteiger partial charge in [0.05, 0.1) is 5.54 Å². The average molecular weight is 204 g/mol. The predicted octanol–water partition coefficient (Wildman–Crippen LogP) is 1.79. The van der Waals surface area contributed by atoms with E-state index < -0.39 is 0 Å². The maximum atomic E-state index is 6.47. The van der Waals surface area contributed by atoms with Gasteiger partial charge in [-0.05, 0) is 32.9 Å². The highest BCUT2D eigenvalue weighted by Gasteiger charge is 2.34. The van der Waals surface area contributed by atoms with Gasteiger partial charge in [0.15, 0.2) is 0 Å². The number of rotatable bonds is 1. The number of aryl methyl sites for hydroxylation is 2. The van der Waals surface area contributed by atoms with Crippen molar-refractivity contribution in [2.75, 3.05) is 20.1 Å². The lowest BCUT2D eigenvalue weighted by molar-refractivity contribution is 0.373. The van der Waals surface area contributed by atoms with E-state index in [1.807, 2.05) is 0 Å². The molecule has 1 aliphatic heterocycles. The van der Waals surface area contributed by atoms with Crippen molar-refractivity contribution in [3.8, 4) is 0 Å². The van der Waals surface area contributed by atoms with Crippen LogP contribution in [0.2, 0.25) is 0 Å². The third kappa shape index (κ3) is 2.06. The van der Waals surface area contributed by atoms with Crippen LogP contribution in [-0.2, 0) is 5.54 Å². The fourth-order valence-corrected chi connectivity index (χ4v) is 2.53. The number of likely N-dealkylation sites (tertiary alicyclic amines) is 1. The summed E-state index contributed by atoms with van der Waals surface area (Å²) in [6.07, 6.45) is 1.06. The summed E-state index contributed by atoms with van der Waals surface area (Å²) in [6, 6.07) is 6.66. The lowest BCUT2D eigenvalue weighted by Crippen LogP contribution is -2.39. The van der Waals surface area contributed by atoms with Crippen LogP contribution < -0.4 is 5.73 Å². The van der Waals surface area contributed by atoms with Gasteiger partial charge in [0, 0.05) is 13.1 Å². The summed E-state index contributed by atoms with van der Waals surface area (Å²) in [5, 5.41) is 0. The Morgan fingerprint density at radius 3 is 2.27 bits per heavy atom. The molecule has 1 aliphatic rings. The topological polar surface area (TPSA) is 29.3 Å². The van der Waals surface area contributed by atoms with Crippen LogP contribution in [0, 0.1) is 13.8 Å². The molecular formula is C13H20N2. The van der Waals surface area contributed by atoms with E-state index in [4.69, 9.17) is 5.73 Å². The molecule has 15 heavy (non-hydrogen) atoms. The zero-order valence-corrected chi connectivity index (χ0v) is 9.88. The molecule has 2 heteroatoms. The fourth-order valence-electron chi connectivity index (χ4n) is 2.53. The van der Waals surface area contributed by atoms with Gasteiger partial charge in [0.25, 0.3) is 0 Å². The van der Waals surface area contributed by atoms with E-state index >= 15 is 0 Å². The molecular weight excluding hydrogens is 184 g/mol. The Hall–Kier alpha value is -0.860. The normalized spacial score (nSPS) is 27.2. The third-order valence-corrected chi connectivity index (χ3v) is 3.29. The first kappa shape index (κ1) is 10.7.